The van der Waals surface area contributed by atoms with Gasteiger partial charge in [-0.25, -0.2) is 0 Å². The van der Waals surface area contributed by atoms with Gasteiger partial charge in [0.05, 0.1) is 0 Å². The number of hydrogen-bond acceptors (Lipinski definition) is 2. The lowest BCUT2D eigenvalue weighted by atomic mass is 10.1. The van der Waals surface area contributed by atoms with E-state index >= 15 is 0 Å². The first-order valence-electron chi connectivity index (χ1n) is 5.55. The molecule has 0 radical (unpaired) electrons. The quantitative estimate of drug-likeness (QED) is 0.816. The summed E-state index contributed by atoms with van der Waals surface area (Å²) in [5.74, 6) is 0.828. The first-order chi connectivity index (χ1) is 8.56. The van der Waals surface area contributed by atoms with E-state index in [1.807, 2.05) is 32.0 Å². The molecule has 4 heteroatoms. The number of nitrogens with zero attached hydrogens (tertiary/aromatic N) is 1. The van der Waals surface area contributed by atoms with Gasteiger partial charge in [-0.3, -0.25) is 4.98 Å². The van der Waals surface area contributed by atoms with Gasteiger partial charge in [0.2, 0.25) is 0 Å². The second kappa shape index (κ2) is 5.72. The summed E-state index contributed by atoms with van der Waals surface area (Å²) in [4.78, 5) is 4.10. The van der Waals surface area contributed by atoms with Crippen molar-refractivity contribution in [1.29, 1.82) is 0 Å². The predicted octanol–water partition coefficient (Wildman–Crippen LogP) is 4.69. The number of aromatic nitrogens is 1. The van der Waals surface area contributed by atoms with Crippen molar-refractivity contribution in [2.75, 3.05) is 0 Å². The average molecular weight is 327 g/mol. The molecule has 2 rings (SSSR count). The molecule has 1 heterocycles. The summed E-state index contributed by atoms with van der Waals surface area (Å²) >= 11 is 9.50. The van der Waals surface area contributed by atoms with Crippen LogP contribution in [0.3, 0.4) is 0 Å². The molecule has 0 aliphatic heterocycles. The number of pyridine rings is 1. The Kier molecular flexibility index (Phi) is 4.25. The van der Waals surface area contributed by atoms with E-state index in [0.29, 0.717) is 6.61 Å². The molecule has 0 saturated carbocycles. The first-order valence-corrected chi connectivity index (χ1v) is 6.72. The molecule has 0 spiro atoms. The summed E-state index contributed by atoms with van der Waals surface area (Å²) in [7, 11) is 0. The van der Waals surface area contributed by atoms with Crippen LogP contribution in [0.1, 0.15) is 16.7 Å². The van der Waals surface area contributed by atoms with Gasteiger partial charge in [0.25, 0.3) is 0 Å². The van der Waals surface area contributed by atoms with Gasteiger partial charge in [-0.15, -0.1) is 0 Å². The molecular formula is C14H13BrClNO. The standard InChI is InChI=1S/C14H13BrClNO/c1-9-3-13(4-10(2)14(9)16)18-8-11-5-12(15)7-17-6-11/h3-7H,8H2,1-2H3. The molecule has 0 fully saturated rings. The lowest BCUT2D eigenvalue weighted by molar-refractivity contribution is 0.305. The van der Waals surface area contributed by atoms with Crippen LogP contribution in [-0.2, 0) is 6.61 Å². The summed E-state index contributed by atoms with van der Waals surface area (Å²) in [6.07, 6.45) is 3.54. The molecule has 0 amide bonds. The Morgan fingerprint density at radius 3 is 2.44 bits per heavy atom. The van der Waals surface area contributed by atoms with E-state index in [9.17, 15) is 0 Å². The Morgan fingerprint density at radius 2 is 1.83 bits per heavy atom. The van der Waals surface area contributed by atoms with Gasteiger partial charge in [-0.05, 0) is 59.1 Å². The van der Waals surface area contributed by atoms with Gasteiger partial charge in [-0.2, -0.15) is 0 Å². The highest BCUT2D eigenvalue weighted by Gasteiger charge is 2.04. The highest BCUT2D eigenvalue weighted by molar-refractivity contribution is 9.10. The summed E-state index contributed by atoms with van der Waals surface area (Å²) < 4.78 is 6.70. The monoisotopic (exact) mass is 325 g/mol. The molecule has 0 aliphatic rings. The SMILES string of the molecule is Cc1cc(OCc2cncc(Br)c2)cc(C)c1Cl. The van der Waals surface area contributed by atoms with Crippen molar-refractivity contribution in [3.63, 3.8) is 0 Å². The summed E-state index contributed by atoms with van der Waals surface area (Å²) in [5, 5.41) is 0.798. The van der Waals surface area contributed by atoms with E-state index in [1.165, 1.54) is 0 Å². The molecule has 1 aromatic carbocycles. The predicted molar refractivity (Wildman–Crippen MR) is 77.2 cm³/mol. The van der Waals surface area contributed by atoms with Crippen LogP contribution >= 0.6 is 27.5 Å². The average Bonchev–Trinajstić information content (AvgIpc) is 2.33. The molecular weight excluding hydrogens is 314 g/mol. The van der Waals surface area contributed by atoms with Gasteiger partial charge in [0.15, 0.2) is 0 Å². The van der Waals surface area contributed by atoms with E-state index in [1.54, 1.807) is 12.4 Å². The highest BCUT2D eigenvalue weighted by Crippen LogP contribution is 2.26. The van der Waals surface area contributed by atoms with Crippen LogP contribution in [0.15, 0.2) is 35.1 Å². The van der Waals surface area contributed by atoms with Gasteiger partial charge < -0.3 is 4.74 Å². The lowest BCUT2D eigenvalue weighted by Crippen LogP contribution is -1.97. The largest absolute Gasteiger partial charge is 0.489 e. The maximum atomic E-state index is 6.12. The Bertz CT molecular complexity index is 548. The fourth-order valence-electron chi connectivity index (χ4n) is 1.69. The van der Waals surface area contributed by atoms with E-state index in [0.717, 1.165) is 31.9 Å². The molecule has 0 unspecified atom stereocenters. The van der Waals surface area contributed by atoms with Crippen molar-refractivity contribution in [2.45, 2.75) is 20.5 Å². The number of halogens is 2. The fraction of sp³-hybridized carbons (Fsp3) is 0.214. The summed E-state index contributed by atoms with van der Waals surface area (Å²) in [5.41, 5.74) is 3.08. The number of ether oxygens (including phenoxy) is 1. The Hall–Kier alpha value is -1.06. The summed E-state index contributed by atoms with van der Waals surface area (Å²) in [6, 6.07) is 5.88. The van der Waals surface area contributed by atoms with Crippen LogP contribution in [0.25, 0.3) is 0 Å². The lowest BCUT2D eigenvalue weighted by Gasteiger charge is -2.10. The van der Waals surface area contributed by atoms with Crippen LogP contribution < -0.4 is 4.74 Å². The molecule has 18 heavy (non-hydrogen) atoms. The number of hydrogen-bond donors (Lipinski definition) is 0. The van der Waals surface area contributed by atoms with Crippen molar-refractivity contribution >= 4 is 27.5 Å². The zero-order chi connectivity index (χ0) is 13.1. The minimum atomic E-state index is 0.493. The third kappa shape index (κ3) is 3.24. The third-order valence-corrected chi connectivity index (χ3v) is 3.61. The maximum Gasteiger partial charge on any atom is 0.120 e. The van der Waals surface area contributed by atoms with Gasteiger partial charge in [-0.1, -0.05) is 11.6 Å². The van der Waals surface area contributed by atoms with Crippen LogP contribution in [0.5, 0.6) is 5.75 Å². The molecule has 0 N–H and O–H groups in total. The zero-order valence-electron chi connectivity index (χ0n) is 10.2. The van der Waals surface area contributed by atoms with Crippen molar-refractivity contribution < 1.29 is 4.74 Å². The van der Waals surface area contributed by atoms with Gasteiger partial charge >= 0.3 is 0 Å². The van der Waals surface area contributed by atoms with Crippen molar-refractivity contribution in [1.82, 2.24) is 4.98 Å². The van der Waals surface area contributed by atoms with Crippen molar-refractivity contribution in [3.8, 4) is 5.75 Å². The van der Waals surface area contributed by atoms with Gasteiger partial charge in [0.1, 0.15) is 12.4 Å². The second-order valence-electron chi connectivity index (χ2n) is 4.17. The topological polar surface area (TPSA) is 22.1 Å². The highest BCUT2D eigenvalue weighted by atomic mass is 79.9. The number of benzene rings is 1. The van der Waals surface area contributed by atoms with Crippen molar-refractivity contribution in [3.05, 3.63) is 56.8 Å². The molecule has 0 bridgehead atoms. The minimum Gasteiger partial charge on any atom is -0.489 e. The second-order valence-corrected chi connectivity index (χ2v) is 5.46. The van der Waals surface area contributed by atoms with Gasteiger partial charge in [0, 0.05) is 27.5 Å². The van der Waals surface area contributed by atoms with Crippen LogP contribution in [-0.4, -0.2) is 4.98 Å². The van der Waals surface area contributed by atoms with E-state index in [4.69, 9.17) is 16.3 Å². The van der Waals surface area contributed by atoms with Crippen molar-refractivity contribution in [2.24, 2.45) is 0 Å². The molecule has 0 atom stereocenters. The van der Waals surface area contributed by atoms with Crippen LogP contribution in [0.2, 0.25) is 5.02 Å². The zero-order valence-corrected chi connectivity index (χ0v) is 12.5. The number of aryl methyl sites for hydroxylation is 2. The van der Waals surface area contributed by atoms with Crippen LogP contribution in [0.4, 0.5) is 0 Å². The maximum absolute atomic E-state index is 6.12. The van der Waals surface area contributed by atoms with Crippen LogP contribution in [0, 0.1) is 13.8 Å². The Morgan fingerprint density at radius 1 is 1.17 bits per heavy atom. The molecule has 1 aromatic heterocycles. The first kappa shape index (κ1) is 13.4. The Balaban J connectivity index is 2.11. The van der Waals surface area contributed by atoms with E-state index in [2.05, 4.69) is 20.9 Å². The molecule has 2 nitrogen and oxygen atoms in total. The summed E-state index contributed by atoms with van der Waals surface area (Å²) in [6.45, 7) is 4.44. The van der Waals surface area contributed by atoms with E-state index < -0.39 is 0 Å². The minimum absolute atomic E-state index is 0.493. The fourth-order valence-corrected chi connectivity index (χ4v) is 2.21. The Labute approximate surface area is 120 Å². The molecule has 0 saturated heterocycles. The molecule has 0 aliphatic carbocycles. The normalized spacial score (nSPS) is 10.4. The third-order valence-electron chi connectivity index (χ3n) is 2.58. The molecule has 2 aromatic rings. The van der Waals surface area contributed by atoms with E-state index in [-0.39, 0.29) is 0 Å². The number of rotatable bonds is 3. The smallest absolute Gasteiger partial charge is 0.120 e. The molecule has 94 valence electrons.